The predicted molar refractivity (Wildman–Crippen MR) is 48.7 cm³/mol. The van der Waals surface area contributed by atoms with Crippen LogP contribution in [0.3, 0.4) is 0 Å². The Morgan fingerprint density at radius 2 is 2.38 bits per heavy atom. The maximum Gasteiger partial charge on any atom is 0.183 e. The summed E-state index contributed by atoms with van der Waals surface area (Å²) >= 11 is 0. The van der Waals surface area contributed by atoms with Gasteiger partial charge < -0.3 is 15.7 Å². The first-order valence-electron chi connectivity index (χ1n) is 3.99. The fourth-order valence-corrected chi connectivity index (χ4v) is 1.10. The second-order valence-corrected chi connectivity index (χ2v) is 2.95. The summed E-state index contributed by atoms with van der Waals surface area (Å²) in [6.07, 6.45) is 3.26. The third kappa shape index (κ3) is 2.52. The van der Waals surface area contributed by atoms with E-state index in [1.165, 1.54) is 12.4 Å². The fraction of sp³-hybridized carbons (Fsp3) is 0.333. The van der Waals surface area contributed by atoms with Gasteiger partial charge in [0.15, 0.2) is 12.4 Å². The van der Waals surface area contributed by atoms with Crippen LogP contribution in [0.4, 0.5) is 0 Å². The molecule has 70 valence electrons. The van der Waals surface area contributed by atoms with Gasteiger partial charge in [0.2, 0.25) is 0 Å². The van der Waals surface area contributed by atoms with E-state index in [1.54, 1.807) is 6.07 Å². The average Bonchev–Trinajstić information content (AvgIpc) is 2.09. The number of nitrogens with zero attached hydrogens (tertiary/aromatic N) is 1. The third-order valence-corrected chi connectivity index (χ3v) is 1.84. The molecule has 0 saturated carbocycles. The Morgan fingerprint density at radius 1 is 1.69 bits per heavy atom. The Bertz CT molecular complexity index is 323. The van der Waals surface area contributed by atoms with E-state index in [0.29, 0.717) is 6.42 Å². The highest BCUT2D eigenvalue weighted by Gasteiger charge is 2.04. The molecule has 0 fully saturated rings. The molecule has 4 nitrogen and oxygen atoms in total. The molecule has 1 rings (SSSR count). The molecule has 0 saturated heterocycles. The molecule has 0 atom stereocenters. The highest BCUT2D eigenvalue weighted by Crippen LogP contribution is 2.05. The van der Waals surface area contributed by atoms with E-state index >= 15 is 0 Å². The first-order chi connectivity index (χ1) is 6.13. The van der Waals surface area contributed by atoms with Crippen molar-refractivity contribution < 1.29 is 9.84 Å². The van der Waals surface area contributed by atoms with Crippen molar-refractivity contribution >= 4 is 5.71 Å². The Morgan fingerprint density at radius 3 is 2.92 bits per heavy atom. The van der Waals surface area contributed by atoms with E-state index in [4.69, 9.17) is 10.5 Å². The van der Waals surface area contributed by atoms with Crippen LogP contribution in [0.25, 0.3) is 0 Å². The van der Waals surface area contributed by atoms with E-state index in [0.717, 1.165) is 15.9 Å². The average molecular weight is 180 g/mol. The van der Waals surface area contributed by atoms with Gasteiger partial charge in [0, 0.05) is 23.8 Å². The van der Waals surface area contributed by atoms with Crippen LogP contribution in [0.2, 0.25) is 0 Å². The van der Waals surface area contributed by atoms with E-state index in [1.807, 2.05) is 6.92 Å². The quantitative estimate of drug-likeness (QED) is 0.396. The highest BCUT2D eigenvalue weighted by atomic mass is 16.5. The summed E-state index contributed by atoms with van der Waals surface area (Å²) in [7, 11) is 0. The Labute approximate surface area is 76.5 Å². The molecule has 0 aliphatic carbocycles. The summed E-state index contributed by atoms with van der Waals surface area (Å²) in [4.78, 5) is 0. The van der Waals surface area contributed by atoms with Gasteiger partial charge in [-0.15, -0.1) is 0 Å². The van der Waals surface area contributed by atoms with Crippen LogP contribution in [0.1, 0.15) is 11.1 Å². The van der Waals surface area contributed by atoms with Gasteiger partial charge in [-0.3, -0.25) is 0 Å². The Hall–Kier alpha value is -1.42. The molecule has 0 aliphatic rings. The first-order valence-corrected chi connectivity index (χ1v) is 3.99. The minimum atomic E-state index is -0.230. The minimum Gasteiger partial charge on any atom is -0.619 e. The van der Waals surface area contributed by atoms with Gasteiger partial charge in [-0.2, -0.15) is 4.73 Å². The maximum absolute atomic E-state index is 10.8. The molecule has 1 aromatic heterocycles. The van der Waals surface area contributed by atoms with Gasteiger partial charge in [-0.1, -0.05) is 0 Å². The minimum absolute atomic E-state index is 0.230. The molecule has 13 heavy (non-hydrogen) atoms. The molecular formula is C9H12N2O2. The number of hydrogen-bond acceptors (Lipinski definition) is 3. The number of aromatic nitrogens is 1. The Balaban J connectivity index is 2.83. The number of nitrogens with one attached hydrogen (secondary N) is 1. The zero-order chi connectivity index (χ0) is 9.84. The zero-order valence-corrected chi connectivity index (χ0v) is 7.45. The molecule has 4 heteroatoms. The summed E-state index contributed by atoms with van der Waals surface area (Å²) in [5.41, 5.74) is 2.01. The topological polar surface area (TPSA) is 71.0 Å². The van der Waals surface area contributed by atoms with Crippen molar-refractivity contribution in [2.75, 3.05) is 6.61 Å². The molecular weight excluding hydrogens is 168 g/mol. The lowest BCUT2D eigenvalue weighted by Crippen LogP contribution is -2.25. The van der Waals surface area contributed by atoms with Crippen molar-refractivity contribution in [1.82, 2.24) is 0 Å². The predicted octanol–water partition coefficient (Wildman–Crippen LogP) is 0.183. The van der Waals surface area contributed by atoms with Gasteiger partial charge in [0.1, 0.15) is 0 Å². The second-order valence-electron chi connectivity index (χ2n) is 2.95. The van der Waals surface area contributed by atoms with Crippen LogP contribution in [-0.2, 0) is 6.42 Å². The van der Waals surface area contributed by atoms with Gasteiger partial charge in [0.05, 0.1) is 6.61 Å². The SMILES string of the molecule is Cc1c[n+]([O-])ccc1CC(=N)CO. The number of rotatable bonds is 3. The largest absolute Gasteiger partial charge is 0.619 e. The second kappa shape index (κ2) is 4.00. The molecule has 1 heterocycles. The van der Waals surface area contributed by atoms with Crippen molar-refractivity contribution in [2.24, 2.45) is 0 Å². The number of aryl methyl sites for hydroxylation is 1. The molecule has 0 unspecified atom stereocenters. The standard InChI is InChI=1S/C9H12N2O2/c1-7-5-11(13)3-2-8(7)4-9(10)6-12/h2-3,5,10,12H,4,6H2,1H3. The van der Waals surface area contributed by atoms with E-state index < -0.39 is 0 Å². The lowest BCUT2D eigenvalue weighted by molar-refractivity contribution is -0.605. The normalized spacial score (nSPS) is 10.0. The smallest absolute Gasteiger partial charge is 0.183 e. The van der Waals surface area contributed by atoms with Gasteiger partial charge in [0.25, 0.3) is 0 Å². The van der Waals surface area contributed by atoms with Gasteiger partial charge >= 0.3 is 0 Å². The molecule has 0 spiro atoms. The number of hydrogen-bond donors (Lipinski definition) is 2. The van der Waals surface area contributed by atoms with E-state index in [9.17, 15) is 5.21 Å². The monoisotopic (exact) mass is 180 g/mol. The fourth-order valence-electron chi connectivity index (χ4n) is 1.10. The molecule has 0 aromatic carbocycles. The van der Waals surface area contributed by atoms with Gasteiger partial charge in [-0.25, -0.2) is 0 Å². The van der Waals surface area contributed by atoms with Crippen LogP contribution in [-0.4, -0.2) is 17.4 Å². The first kappa shape index (κ1) is 9.67. The van der Waals surface area contributed by atoms with Crippen molar-refractivity contribution in [3.8, 4) is 0 Å². The van der Waals surface area contributed by atoms with Crippen LogP contribution >= 0.6 is 0 Å². The molecule has 0 amide bonds. The van der Waals surface area contributed by atoms with Crippen molar-refractivity contribution in [2.45, 2.75) is 13.3 Å². The van der Waals surface area contributed by atoms with E-state index in [2.05, 4.69) is 0 Å². The Kier molecular flexibility index (Phi) is 2.97. The van der Waals surface area contributed by atoms with Crippen LogP contribution in [0.5, 0.6) is 0 Å². The molecule has 0 bridgehead atoms. The van der Waals surface area contributed by atoms with Gasteiger partial charge in [-0.05, 0) is 12.5 Å². The zero-order valence-electron chi connectivity index (χ0n) is 7.45. The number of aliphatic hydroxyl groups is 1. The third-order valence-electron chi connectivity index (χ3n) is 1.84. The summed E-state index contributed by atoms with van der Waals surface area (Å²) in [6.45, 7) is 1.58. The number of pyridine rings is 1. The molecule has 1 aromatic rings. The van der Waals surface area contributed by atoms with Crippen molar-refractivity contribution in [1.29, 1.82) is 5.41 Å². The van der Waals surface area contributed by atoms with Crippen LogP contribution in [0, 0.1) is 17.5 Å². The summed E-state index contributed by atoms with van der Waals surface area (Å²) < 4.78 is 0.724. The van der Waals surface area contributed by atoms with E-state index in [-0.39, 0.29) is 12.3 Å². The summed E-state index contributed by atoms with van der Waals surface area (Å²) in [5.74, 6) is 0. The van der Waals surface area contributed by atoms with Crippen LogP contribution < -0.4 is 4.73 Å². The number of aliphatic hydroxyl groups excluding tert-OH is 1. The lowest BCUT2D eigenvalue weighted by Gasteiger charge is -2.04. The van der Waals surface area contributed by atoms with Crippen molar-refractivity contribution in [3.63, 3.8) is 0 Å². The summed E-state index contributed by atoms with van der Waals surface area (Å²) in [5, 5.41) is 26.8. The van der Waals surface area contributed by atoms with Crippen LogP contribution in [0.15, 0.2) is 18.5 Å². The summed E-state index contributed by atoms with van der Waals surface area (Å²) in [6, 6.07) is 1.67. The molecule has 0 aliphatic heterocycles. The molecule has 0 radical (unpaired) electrons. The molecule has 2 N–H and O–H groups in total. The highest BCUT2D eigenvalue weighted by molar-refractivity contribution is 5.84. The van der Waals surface area contributed by atoms with Crippen molar-refractivity contribution in [3.05, 3.63) is 34.8 Å². The lowest BCUT2D eigenvalue weighted by atomic mass is 10.1. The maximum atomic E-state index is 10.8.